The van der Waals surface area contributed by atoms with Crippen LogP contribution in [0.3, 0.4) is 0 Å². The van der Waals surface area contributed by atoms with Gasteiger partial charge >= 0.3 is 5.97 Å². The Hall–Kier alpha value is -0.830. The van der Waals surface area contributed by atoms with E-state index in [1.165, 1.54) is 44.9 Å². The highest BCUT2D eigenvalue weighted by atomic mass is 16.5. The fraction of sp³-hybridized carbons (Fsp3) is 0.812. The van der Waals surface area contributed by atoms with Gasteiger partial charge in [0, 0.05) is 6.42 Å². The summed E-state index contributed by atoms with van der Waals surface area (Å²) in [5.74, 6) is -0.187. The van der Waals surface area contributed by atoms with Gasteiger partial charge in [0.05, 0.1) is 6.61 Å². The zero-order valence-corrected chi connectivity index (χ0v) is 12.4. The van der Waals surface area contributed by atoms with Crippen molar-refractivity contribution in [1.29, 1.82) is 0 Å². The topological polar surface area (TPSA) is 46.5 Å². The summed E-state index contributed by atoms with van der Waals surface area (Å²) in [6, 6.07) is 0. The molecule has 0 saturated carbocycles. The first-order valence-corrected chi connectivity index (χ1v) is 7.72. The normalized spacial score (nSPS) is 11.1. The van der Waals surface area contributed by atoms with E-state index in [-0.39, 0.29) is 19.2 Å². The molecule has 0 bridgehead atoms. The molecule has 0 aliphatic heterocycles. The summed E-state index contributed by atoms with van der Waals surface area (Å²) in [6.07, 6.45) is 15.7. The van der Waals surface area contributed by atoms with Crippen LogP contribution in [0.2, 0.25) is 0 Å². The maximum absolute atomic E-state index is 11.1. The summed E-state index contributed by atoms with van der Waals surface area (Å²) in [4.78, 5) is 11.1. The van der Waals surface area contributed by atoms with Crippen molar-refractivity contribution in [2.75, 3.05) is 13.2 Å². The Kier molecular flexibility index (Phi) is 14.6. The molecule has 0 aromatic carbocycles. The van der Waals surface area contributed by atoms with Crippen LogP contribution in [0.5, 0.6) is 0 Å². The number of hydrogen-bond acceptors (Lipinski definition) is 3. The smallest absolute Gasteiger partial charge is 0.305 e. The predicted molar refractivity (Wildman–Crippen MR) is 79.0 cm³/mol. The molecule has 0 fully saturated rings. The number of rotatable bonds is 13. The fourth-order valence-electron chi connectivity index (χ4n) is 1.85. The van der Waals surface area contributed by atoms with Gasteiger partial charge in [-0.1, -0.05) is 51.2 Å². The van der Waals surface area contributed by atoms with Crippen LogP contribution in [0.4, 0.5) is 0 Å². The second kappa shape index (κ2) is 15.2. The third kappa shape index (κ3) is 15.1. The van der Waals surface area contributed by atoms with Gasteiger partial charge < -0.3 is 9.84 Å². The van der Waals surface area contributed by atoms with Gasteiger partial charge in [0.15, 0.2) is 0 Å². The average Bonchev–Trinajstić information content (AvgIpc) is 2.42. The molecular formula is C16H30O3. The molecule has 19 heavy (non-hydrogen) atoms. The van der Waals surface area contributed by atoms with E-state index in [2.05, 4.69) is 19.1 Å². The first-order chi connectivity index (χ1) is 9.31. The standard InChI is InChI=1S/C16H30O3/c1-2-3-4-5-6-7-8-9-10-11-12-13-16(18)19-15-14-17/h5-6,17H,2-4,7-15H2,1H3/b6-5-. The van der Waals surface area contributed by atoms with Crippen LogP contribution >= 0.6 is 0 Å². The van der Waals surface area contributed by atoms with Crippen molar-refractivity contribution in [3.05, 3.63) is 12.2 Å². The number of aliphatic hydroxyl groups is 1. The van der Waals surface area contributed by atoms with E-state index < -0.39 is 0 Å². The summed E-state index contributed by atoms with van der Waals surface area (Å²) >= 11 is 0. The second-order valence-electron chi connectivity index (χ2n) is 4.86. The third-order valence-electron chi connectivity index (χ3n) is 3.00. The highest BCUT2D eigenvalue weighted by molar-refractivity contribution is 5.69. The molecule has 0 amide bonds. The Morgan fingerprint density at radius 2 is 1.63 bits per heavy atom. The van der Waals surface area contributed by atoms with Crippen LogP contribution in [0.15, 0.2) is 12.2 Å². The Bertz CT molecular complexity index is 224. The van der Waals surface area contributed by atoms with E-state index in [1.54, 1.807) is 0 Å². The fourth-order valence-corrected chi connectivity index (χ4v) is 1.85. The van der Waals surface area contributed by atoms with Gasteiger partial charge in [-0.3, -0.25) is 4.79 Å². The summed E-state index contributed by atoms with van der Waals surface area (Å²) in [5, 5.41) is 8.49. The van der Waals surface area contributed by atoms with E-state index in [4.69, 9.17) is 9.84 Å². The van der Waals surface area contributed by atoms with Crippen LogP contribution < -0.4 is 0 Å². The molecule has 3 heteroatoms. The lowest BCUT2D eigenvalue weighted by Crippen LogP contribution is -2.07. The number of allylic oxidation sites excluding steroid dienone is 2. The molecule has 0 rings (SSSR count). The molecule has 3 nitrogen and oxygen atoms in total. The van der Waals surface area contributed by atoms with Gasteiger partial charge in [0.2, 0.25) is 0 Å². The van der Waals surface area contributed by atoms with E-state index in [0.717, 1.165) is 12.8 Å². The maximum Gasteiger partial charge on any atom is 0.305 e. The van der Waals surface area contributed by atoms with Gasteiger partial charge in [0.1, 0.15) is 6.61 Å². The highest BCUT2D eigenvalue weighted by Gasteiger charge is 2.01. The molecule has 112 valence electrons. The van der Waals surface area contributed by atoms with Crippen molar-refractivity contribution in [1.82, 2.24) is 0 Å². The van der Waals surface area contributed by atoms with Gasteiger partial charge in [0.25, 0.3) is 0 Å². The summed E-state index contributed by atoms with van der Waals surface area (Å²) < 4.78 is 4.78. The molecule has 0 aliphatic carbocycles. The van der Waals surface area contributed by atoms with Gasteiger partial charge in [-0.25, -0.2) is 0 Å². The predicted octanol–water partition coefficient (Wildman–Crippen LogP) is 4.00. The molecular weight excluding hydrogens is 240 g/mol. The van der Waals surface area contributed by atoms with Crippen LogP contribution in [0.1, 0.15) is 71.1 Å². The summed E-state index contributed by atoms with van der Waals surface area (Å²) in [7, 11) is 0. The van der Waals surface area contributed by atoms with Crippen molar-refractivity contribution < 1.29 is 14.6 Å². The molecule has 0 aromatic heterocycles. The van der Waals surface area contributed by atoms with Crippen LogP contribution in [0, 0.1) is 0 Å². The summed E-state index contributed by atoms with van der Waals surface area (Å²) in [5.41, 5.74) is 0. The highest BCUT2D eigenvalue weighted by Crippen LogP contribution is 2.08. The van der Waals surface area contributed by atoms with Crippen LogP contribution in [0.25, 0.3) is 0 Å². The van der Waals surface area contributed by atoms with Crippen molar-refractivity contribution in [3.63, 3.8) is 0 Å². The van der Waals surface area contributed by atoms with Gasteiger partial charge in [-0.2, -0.15) is 0 Å². The molecule has 1 N–H and O–H groups in total. The van der Waals surface area contributed by atoms with E-state index >= 15 is 0 Å². The largest absolute Gasteiger partial charge is 0.463 e. The maximum atomic E-state index is 11.1. The van der Waals surface area contributed by atoms with E-state index in [9.17, 15) is 4.79 Å². The molecule has 0 heterocycles. The Morgan fingerprint density at radius 3 is 2.32 bits per heavy atom. The number of hydrogen-bond donors (Lipinski definition) is 1. The Balaban J connectivity index is 3.14. The minimum absolute atomic E-state index is 0.0858. The van der Waals surface area contributed by atoms with E-state index in [0.29, 0.717) is 6.42 Å². The van der Waals surface area contributed by atoms with Gasteiger partial charge in [-0.15, -0.1) is 0 Å². The number of unbranched alkanes of at least 4 members (excludes halogenated alkanes) is 7. The Morgan fingerprint density at radius 1 is 1.00 bits per heavy atom. The SMILES string of the molecule is CCCC/C=C\CCCCCCCC(=O)OCCO. The first kappa shape index (κ1) is 18.2. The number of esters is 1. The molecule has 0 atom stereocenters. The monoisotopic (exact) mass is 270 g/mol. The number of carbonyl (C=O) groups excluding carboxylic acids is 1. The minimum atomic E-state index is -0.187. The van der Waals surface area contributed by atoms with Crippen molar-refractivity contribution >= 4 is 5.97 Å². The molecule has 0 aliphatic rings. The quantitative estimate of drug-likeness (QED) is 0.312. The Labute approximate surface area is 118 Å². The average molecular weight is 270 g/mol. The van der Waals surface area contributed by atoms with Crippen LogP contribution in [-0.4, -0.2) is 24.3 Å². The zero-order valence-electron chi connectivity index (χ0n) is 12.4. The lowest BCUT2D eigenvalue weighted by molar-refractivity contribution is -0.144. The lowest BCUT2D eigenvalue weighted by Gasteiger charge is -2.02. The number of carbonyl (C=O) groups is 1. The molecule has 0 spiro atoms. The zero-order chi connectivity index (χ0) is 14.2. The van der Waals surface area contributed by atoms with E-state index in [1.807, 2.05) is 0 Å². The van der Waals surface area contributed by atoms with Crippen LogP contribution in [-0.2, 0) is 9.53 Å². The summed E-state index contributed by atoms with van der Waals surface area (Å²) in [6.45, 7) is 2.26. The molecule has 0 aromatic rings. The number of aliphatic hydroxyl groups excluding tert-OH is 1. The van der Waals surface area contributed by atoms with Crippen molar-refractivity contribution in [2.24, 2.45) is 0 Å². The first-order valence-electron chi connectivity index (χ1n) is 7.72. The minimum Gasteiger partial charge on any atom is -0.463 e. The van der Waals surface area contributed by atoms with Crippen molar-refractivity contribution in [3.8, 4) is 0 Å². The lowest BCUT2D eigenvalue weighted by atomic mass is 10.1. The molecule has 0 unspecified atom stereocenters. The third-order valence-corrected chi connectivity index (χ3v) is 3.00. The van der Waals surface area contributed by atoms with Crippen molar-refractivity contribution in [2.45, 2.75) is 71.1 Å². The second-order valence-corrected chi connectivity index (χ2v) is 4.86. The van der Waals surface area contributed by atoms with Gasteiger partial charge in [-0.05, 0) is 25.7 Å². The molecule has 0 radical (unpaired) electrons. The number of ether oxygens (including phenoxy) is 1. The molecule has 0 saturated heterocycles.